The van der Waals surface area contributed by atoms with Crippen LogP contribution in [0.25, 0.3) is 11.4 Å². The molecule has 150 valence electrons. The van der Waals surface area contributed by atoms with E-state index in [9.17, 15) is 14.0 Å². The van der Waals surface area contributed by atoms with Crippen LogP contribution >= 0.6 is 11.8 Å². The minimum atomic E-state index is -0.667. The molecule has 0 atom stereocenters. The Morgan fingerprint density at radius 3 is 2.59 bits per heavy atom. The van der Waals surface area contributed by atoms with E-state index in [2.05, 4.69) is 15.5 Å². The number of rotatable bonds is 7. The molecule has 0 unspecified atom stereocenters. The average Bonchev–Trinajstić information content (AvgIpc) is 3.08. The van der Waals surface area contributed by atoms with Gasteiger partial charge < -0.3 is 9.88 Å². The van der Waals surface area contributed by atoms with Gasteiger partial charge >= 0.3 is 0 Å². The zero-order chi connectivity index (χ0) is 21.0. The molecule has 0 saturated heterocycles. The number of carbonyl (C=O) groups excluding carboxylic acids is 2. The molecule has 0 radical (unpaired) electrons. The van der Waals surface area contributed by atoms with Crippen molar-refractivity contribution in [3.8, 4) is 11.4 Å². The minimum Gasteiger partial charge on any atom is -0.326 e. The minimum absolute atomic E-state index is 0.0201. The topological polar surface area (TPSA) is 76.9 Å². The van der Waals surface area contributed by atoms with E-state index in [1.54, 1.807) is 0 Å². The van der Waals surface area contributed by atoms with Gasteiger partial charge in [-0.15, -0.1) is 10.2 Å². The van der Waals surface area contributed by atoms with E-state index in [0.717, 1.165) is 23.0 Å². The van der Waals surface area contributed by atoms with Gasteiger partial charge in [0.1, 0.15) is 5.82 Å². The Morgan fingerprint density at radius 2 is 1.93 bits per heavy atom. The van der Waals surface area contributed by atoms with Gasteiger partial charge in [0.2, 0.25) is 5.91 Å². The molecule has 3 rings (SSSR count). The maximum Gasteiger partial charge on any atom is 0.221 e. The molecule has 2 aromatic carbocycles. The van der Waals surface area contributed by atoms with Crippen LogP contribution in [0.1, 0.15) is 29.8 Å². The number of hydrogen-bond acceptors (Lipinski definition) is 5. The fourth-order valence-electron chi connectivity index (χ4n) is 2.93. The predicted molar refractivity (Wildman–Crippen MR) is 112 cm³/mol. The number of amides is 1. The fourth-order valence-corrected chi connectivity index (χ4v) is 3.82. The van der Waals surface area contributed by atoms with Gasteiger partial charge in [-0.3, -0.25) is 9.59 Å². The standard InChI is InChI=1S/C21H21FN4O2S/c1-4-26-20(16-8-6-5-7-13(16)2)24-25-21(26)29-12-19(28)17-10-9-15(11-18(17)22)23-14(3)27/h5-11H,4,12H2,1-3H3,(H,23,27). The van der Waals surface area contributed by atoms with E-state index < -0.39 is 5.82 Å². The first-order chi connectivity index (χ1) is 13.9. The molecule has 8 heteroatoms. The lowest BCUT2D eigenvalue weighted by Gasteiger charge is -2.09. The highest BCUT2D eigenvalue weighted by Gasteiger charge is 2.18. The highest BCUT2D eigenvalue weighted by Crippen LogP contribution is 2.27. The molecule has 0 bridgehead atoms. The van der Waals surface area contributed by atoms with E-state index in [1.165, 1.54) is 30.8 Å². The average molecular weight is 412 g/mol. The van der Waals surface area contributed by atoms with E-state index >= 15 is 0 Å². The molecule has 3 aromatic rings. The van der Waals surface area contributed by atoms with Gasteiger partial charge in [-0.1, -0.05) is 36.0 Å². The Bertz CT molecular complexity index is 1060. The third-order valence-corrected chi connectivity index (χ3v) is 5.31. The normalized spacial score (nSPS) is 10.8. The number of aryl methyl sites for hydroxylation is 1. The fraction of sp³-hybridized carbons (Fsp3) is 0.238. The Labute approximate surface area is 172 Å². The summed E-state index contributed by atoms with van der Waals surface area (Å²) in [6.45, 7) is 5.97. The lowest BCUT2D eigenvalue weighted by atomic mass is 10.1. The third kappa shape index (κ3) is 4.71. The molecule has 0 aliphatic rings. The van der Waals surface area contributed by atoms with Crippen LogP contribution in [0.15, 0.2) is 47.6 Å². The number of hydrogen-bond donors (Lipinski definition) is 1. The first-order valence-corrected chi connectivity index (χ1v) is 10.1. The summed E-state index contributed by atoms with van der Waals surface area (Å²) < 4.78 is 16.2. The summed E-state index contributed by atoms with van der Waals surface area (Å²) in [5, 5.41) is 11.6. The molecule has 6 nitrogen and oxygen atoms in total. The Hall–Kier alpha value is -3.00. The summed E-state index contributed by atoms with van der Waals surface area (Å²) >= 11 is 1.22. The van der Waals surface area contributed by atoms with E-state index in [4.69, 9.17) is 0 Å². The smallest absolute Gasteiger partial charge is 0.221 e. The van der Waals surface area contributed by atoms with Crippen LogP contribution in [0.5, 0.6) is 0 Å². The van der Waals surface area contributed by atoms with Crippen molar-refractivity contribution in [2.75, 3.05) is 11.1 Å². The zero-order valence-corrected chi connectivity index (χ0v) is 17.2. The highest BCUT2D eigenvalue weighted by atomic mass is 32.2. The molecule has 1 N–H and O–H groups in total. The maximum absolute atomic E-state index is 14.3. The number of Topliss-reactive ketones (excluding diaryl/α,β-unsaturated/α-hetero) is 1. The third-order valence-electron chi connectivity index (χ3n) is 4.34. The number of aromatic nitrogens is 3. The first kappa shape index (κ1) is 20.7. The second-order valence-corrected chi connectivity index (χ2v) is 7.40. The van der Waals surface area contributed by atoms with Crippen LogP contribution in [0.2, 0.25) is 0 Å². The summed E-state index contributed by atoms with van der Waals surface area (Å²) in [6, 6.07) is 11.9. The van der Waals surface area contributed by atoms with Crippen molar-refractivity contribution in [3.63, 3.8) is 0 Å². The summed E-state index contributed by atoms with van der Waals surface area (Å²) in [4.78, 5) is 23.6. The largest absolute Gasteiger partial charge is 0.326 e. The molecule has 0 saturated carbocycles. The SMILES string of the molecule is CCn1c(SCC(=O)c2ccc(NC(C)=O)cc2F)nnc1-c1ccccc1C. The maximum atomic E-state index is 14.3. The summed E-state index contributed by atoms with van der Waals surface area (Å²) in [5.74, 6) is -0.555. The van der Waals surface area contributed by atoms with Crippen molar-refractivity contribution < 1.29 is 14.0 Å². The van der Waals surface area contributed by atoms with Crippen LogP contribution in [0, 0.1) is 12.7 Å². The molecular formula is C21H21FN4O2S. The van der Waals surface area contributed by atoms with E-state index in [0.29, 0.717) is 17.4 Å². The second-order valence-electron chi connectivity index (χ2n) is 6.45. The van der Waals surface area contributed by atoms with Crippen molar-refractivity contribution in [2.24, 2.45) is 0 Å². The van der Waals surface area contributed by atoms with E-state index in [-0.39, 0.29) is 23.0 Å². The number of ketones is 1. The molecule has 1 amide bonds. The van der Waals surface area contributed by atoms with E-state index in [1.807, 2.05) is 42.7 Å². The van der Waals surface area contributed by atoms with Gasteiger partial charge in [-0.2, -0.15) is 0 Å². The number of carbonyl (C=O) groups is 2. The number of halogens is 1. The van der Waals surface area contributed by atoms with Crippen molar-refractivity contribution >= 4 is 29.1 Å². The van der Waals surface area contributed by atoms with Crippen molar-refractivity contribution in [1.29, 1.82) is 0 Å². The Morgan fingerprint density at radius 1 is 1.17 bits per heavy atom. The van der Waals surface area contributed by atoms with Crippen molar-refractivity contribution in [2.45, 2.75) is 32.5 Å². The van der Waals surface area contributed by atoms with Gasteiger partial charge in [-0.05, 0) is 37.6 Å². The van der Waals surface area contributed by atoms with Crippen LogP contribution in [0.3, 0.4) is 0 Å². The van der Waals surface area contributed by atoms with Gasteiger partial charge in [0.25, 0.3) is 0 Å². The van der Waals surface area contributed by atoms with Gasteiger partial charge in [0.05, 0.1) is 11.3 Å². The van der Waals surface area contributed by atoms with Crippen LogP contribution < -0.4 is 5.32 Å². The molecule has 1 heterocycles. The first-order valence-electron chi connectivity index (χ1n) is 9.13. The lowest BCUT2D eigenvalue weighted by molar-refractivity contribution is -0.114. The van der Waals surface area contributed by atoms with Crippen LogP contribution in [-0.4, -0.2) is 32.2 Å². The monoisotopic (exact) mass is 412 g/mol. The summed E-state index contributed by atoms with van der Waals surface area (Å²) in [5.41, 5.74) is 2.37. The molecule has 0 spiro atoms. The lowest BCUT2D eigenvalue weighted by Crippen LogP contribution is -2.09. The van der Waals surface area contributed by atoms with Crippen LogP contribution in [0.4, 0.5) is 10.1 Å². The summed E-state index contributed by atoms with van der Waals surface area (Å²) in [6.07, 6.45) is 0. The molecule has 0 aliphatic heterocycles. The van der Waals surface area contributed by atoms with Crippen LogP contribution in [-0.2, 0) is 11.3 Å². The van der Waals surface area contributed by atoms with Crippen molar-refractivity contribution in [3.05, 3.63) is 59.4 Å². The van der Waals surface area contributed by atoms with Gasteiger partial charge in [-0.25, -0.2) is 4.39 Å². The van der Waals surface area contributed by atoms with Gasteiger partial charge in [0, 0.05) is 24.7 Å². The predicted octanol–water partition coefficient (Wildman–Crippen LogP) is 4.35. The number of anilines is 1. The number of thioether (sulfide) groups is 1. The second kappa shape index (κ2) is 9.00. The molecular weight excluding hydrogens is 391 g/mol. The number of nitrogens with zero attached hydrogens (tertiary/aromatic N) is 3. The number of benzene rings is 2. The zero-order valence-electron chi connectivity index (χ0n) is 16.4. The number of nitrogens with one attached hydrogen (secondary N) is 1. The molecule has 29 heavy (non-hydrogen) atoms. The van der Waals surface area contributed by atoms with Gasteiger partial charge in [0.15, 0.2) is 16.8 Å². The summed E-state index contributed by atoms with van der Waals surface area (Å²) in [7, 11) is 0. The Kier molecular flexibility index (Phi) is 6.43. The molecule has 1 aromatic heterocycles. The Balaban J connectivity index is 1.76. The highest BCUT2D eigenvalue weighted by molar-refractivity contribution is 7.99. The molecule has 0 aliphatic carbocycles. The quantitative estimate of drug-likeness (QED) is 0.461. The molecule has 0 fully saturated rings. The van der Waals surface area contributed by atoms with Crippen molar-refractivity contribution in [1.82, 2.24) is 14.8 Å².